The van der Waals surface area contributed by atoms with Crippen LogP contribution < -0.4 is 10.5 Å². The van der Waals surface area contributed by atoms with Gasteiger partial charge in [-0.15, -0.1) is 0 Å². The Morgan fingerprint density at radius 3 is 2.76 bits per heavy atom. The second kappa shape index (κ2) is 8.42. The highest BCUT2D eigenvalue weighted by atomic mass is 19.1. The van der Waals surface area contributed by atoms with Crippen molar-refractivity contribution in [1.82, 2.24) is 24.1 Å². The Bertz CT molecular complexity index is 1600. The lowest BCUT2D eigenvalue weighted by atomic mass is 10.1. The highest BCUT2D eigenvalue weighted by molar-refractivity contribution is 5.76. The maximum atomic E-state index is 15.0. The fourth-order valence-corrected chi connectivity index (χ4v) is 5.12. The number of hydrogen-bond donors (Lipinski definition) is 0. The maximum Gasteiger partial charge on any atom is 0.263 e. The zero-order valence-corrected chi connectivity index (χ0v) is 20.1. The molecule has 7 rings (SSSR count). The quantitative estimate of drug-likeness (QED) is 0.418. The number of rotatable bonds is 4. The topological polar surface area (TPSA) is 86.8 Å². The Balaban J connectivity index is 1.35. The van der Waals surface area contributed by atoms with E-state index in [1.54, 1.807) is 6.20 Å². The molecule has 0 bridgehead atoms. The molecule has 37 heavy (non-hydrogen) atoms. The number of aromatic nitrogens is 5. The van der Waals surface area contributed by atoms with Crippen LogP contribution in [0.5, 0.6) is 0 Å². The zero-order valence-electron chi connectivity index (χ0n) is 20.1. The van der Waals surface area contributed by atoms with Crippen molar-refractivity contribution in [2.45, 2.75) is 51.2 Å². The predicted molar refractivity (Wildman–Crippen MR) is 129 cm³/mol. The Morgan fingerprint density at radius 2 is 1.95 bits per heavy atom. The molecule has 1 aromatic carbocycles. The number of anilines is 1. The number of nitrogens with zero attached hydrogens (tertiary/aromatic N) is 6. The predicted octanol–water partition coefficient (Wildman–Crippen LogP) is 3.56. The molecule has 1 saturated carbocycles. The van der Waals surface area contributed by atoms with Crippen LogP contribution in [0.15, 0.2) is 41.6 Å². The van der Waals surface area contributed by atoms with E-state index in [1.807, 2.05) is 28.9 Å². The van der Waals surface area contributed by atoms with Gasteiger partial charge in [-0.25, -0.2) is 18.7 Å². The van der Waals surface area contributed by atoms with Gasteiger partial charge >= 0.3 is 0 Å². The molecule has 2 fully saturated rings. The van der Waals surface area contributed by atoms with E-state index in [4.69, 9.17) is 14.5 Å². The van der Waals surface area contributed by atoms with Gasteiger partial charge in [0.1, 0.15) is 29.3 Å². The minimum atomic E-state index is -0.779. The van der Waals surface area contributed by atoms with Gasteiger partial charge in [0.2, 0.25) is 0 Å². The van der Waals surface area contributed by atoms with E-state index < -0.39 is 11.6 Å². The van der Waals surface area contributed by atoms with Gasteiger partial charge in [-0.05, 0) is 31.9 Å². The smallest absolute Gasteiger partial charge is 0.263 e. The lowest BCUT2D eigenvalue weighted by Crippen LogP contribution is -2.43. The van der Waals surface area contributed by atoms with E-state index in [0.717, 1.165) is 24.5 Å². The minimum Gasteiger partial charge on any atom is -0.370 e. The van der Waals surface area contributed by atoms with Crippen LogP contribution in [0.2, 0.25) is 0 Å². The SMILES string of the molecule is C[C@@H]1CN(c2cn3c(=O)c4c(nc3c(-c3ccc(F)cc3F)n2)COC4)C[C@H](c2cnn(C3CC3)c2)O1. The highest BCUT2D eigenvalue weighted by Gasteiger charge is 2.32. The van der Waals surface area contributed by atoms with Crippen LogP contribution in [0, 0.1) is 11.6 Å². The number of ether oxygens (including phenoxy) is 2. The molecule has 9 nitrogen and oxygen atoms in total. The summed E-state index contributed by atoms with van der Waals surface area (Å²) in [6.45, 7) is 3.34. The van der Waals surface area contributed by atoms with E-state index >= 15 is 0 Å². The molecule has 1 aliphatic carbocycles. The van der Waals surface area contributed by atoms with Gasteiger partial charge in [0.25, 0.3) is 5.56 Å². The van der Waals surface area contributed by atoms with E-state index in [2.05, 4.69) is 10.1 Å². The van der Waals surface area contributed by atoms with Gasteiger partial charge in [0.05, 0.1) is 55.6 Å². The monoisotopic (exact) mass is 506 g/mol. The van der Waals surface area contributed by atoms with Crippen LogP contribution in [-0.4, -0.2) is 43.3 Å². The summed E-state index contributed by atoms with van der Waals surface area (Å²) >= 11 is 0. The maximum absolute atomic E-state index is 15.0. The summed E-state index contributed by atoms with van der Waals surface area (Å²) < 4.78 is 43.7. The Kier molecular flexibility index (Phi) is 5.12. The standard InChI is InChI=1S/C26H24F2N6O3/c1-14-8-32(10-22(37-14)15-7-29-34(9-15)17-3-4-17)23-11-33-25(30-21-13-36-12-19(21)26(33)35)24(31-23)18-5-2-16(27)6-20(18)28/h2,5-7,9,11,14,17,22H,3-4,8,10,12-13H2,1H3/t14-,22-/m1/s1. The first-order valence-corrected chi connectivity index (χ1v) is 12.4. The number of fused-ring (bicyclic) bond motifs is 2. The van der Waals surface area contributed by atoms with Crippen LogP contribution in [0.1, 0.15) is 48.7 Å². The molecule has 0 unspecified atom stereocenters. The van der Waals surface area contributed by atoms with Crippen LogP contribution in [0.4, 0.5) is 14.6 Å². The first-order chi connectivity index (χ1) is 17.9. The second-order valence-corrected chi connectivity index (χ2v) is 9.93. The van der Waals surface area contributed by atoms with Crippen molar-refractivity contribution in [1.29, 1.82) is 0 Å². The van der Waals surface area contributed by atoms with Gasteiger partial charge < -0.3 is 14.4 Å². The molecule has 2 aliphatic heterocycles. The minimum absolute atomic E-state index is 0.0649. The molecular formula is C26H24F2N6O3. The van der Waals surface area contributed by atoms with Gasteiger partial charge in [0.15, 0.2) is 5.65 Å². The first kappa shape index (κ1) is 22.5. The number of halogens is 2. The van der Waals surface area contributed by atoms with Crippen molar-refractivity contribution in [3.8, 4) is 11.3 Å². The normalized spacial score (nSPS) is 21.5. The molecule has 190 valence electrons. The fraction of sp³-hybridized carbons (Fsp3) is 0.385. The van der Waals surface area contributed by atoms with E-state index in [9.17, 15) is 13.6 Å². The molecule has 0 radical (unpaired) electrons. The summed E-state index contributed by atoms with van der Waals surface area (Å²) in [7, 11) is 0. The molecule has 3 aromatic heterocycles. The van der Waals surface area contributed by atoms with E-state index in [0.29, 0.717) is 36.2 Å². The third kappa shape index (κ3) is 3.89. The summed E-state index contributed by atoms with van der Waals surface area (Å²) in [5.74, 6) is -1.00. The average molecular weight is 507 g/mol. The molecule has 2 atom stereocenters. The van der Waals surface area contributed by atoms with Crippen LogP contribution >= 0.6 is 0 Å². The summed E-state index contributed by atoms with van der Waals surface area (Å²) in [5, 5.41) is 4.50. The number of hydrogen-bond acceptors (Lipinski definition) is 7. The van der Waals surface area contributed by atoms with Crippen LogP contribution in [-0.2, 0) is 22.7 Å². The van der Waals surface area contributed by atoms with Crippen molar-refractivity contribution in [2.75, 3.05) is 18.0 Å². The van der Waals surface area contributed by atoms with Crippen LogP contribution in [0.3, 0.4) is 0 Å². The third-order valence-corrected chi connectivity index (χ3v) is 7.15. The highest BCUT2D eigenvalue weighted by Crippen LogP contribution is 2.36. The molecule has 1 saturated heterocycles. The lowest BCUT2D eigenvalue weighted by Gasteiger charge is -2.37. The van der Waals surface area contributed by atoms with Crippen molar-refractivity contribution >= 4 is 11.5 Å². The molecule has 3 aliphatic rings. The zero-order chi connectivity index (χ0) is 25.3. The molecule has 4 aromatic rings. The first-order valence-electron chi connectivity index (χ1n) is 12.4. The van der Waals surface area contributed by atoms with E-state index in [1.165, 1.54) is 16.5 Å². The van der Waals surface area contributed by atoms with Gasteiger partial charge in [0, 0.05) is 29.9 Å². The third-order valence-electron chi connectivity index (χ3n) is 7.15. The van der Waals surface area contributed by atoms with Crippen molar-refractivity contribution < 1.29 is 18.3 Å². The van der Waals surface area contributed by atoms with Crippen LogP contribution in [0.25, 0.3) is 16.9 Å². The Morgan fingerprint density at radius 1 is 1.08 bits per heavy atom. The van der Waals surface area contributed by atoms with Crippen molar-refractivity contribution in [3.63, 3.8) is 0 Å². The Hall–Kier alpha value is -3.70. The average Bonchev–Trinajstić information content (AvgIpc) is 3.41. The fourth-order valence-electron chi connectivity index (χ4n) is 5.12. The summed E-state index contributed by atoms with van der Waals surface area (Å²) in [6.07, 6.45) is 7.40. The molecular weight excluding hydrogens is 482 g/mol. The molecule has 0 N–H and O–H groups in total. The molecule has 0 amide bonds. The molecule has 11 heteroatoms. The summed E-state index contributed by atoms with van der Waals surface area (Å²) in [5.41, 5.74) is 2.11. The van der Waals surface area contributed by atoms with Gasteiger partial charge in [-0.1, -0.05) is 0 Å². The van der Waals surface area contributed by atoms with Gasteiger partial charge in [-0.3, -0.25) is 13.9 Å². The number of morpholine rings is 1. The second-order valence-electron chi connectivity index (χ2n) is 9.93. The summed E-state index contributed by atoms with van der Waals surface area (Å²) in [6, 6.07) is 3.76. The molecule has 5 heterocycles. The van der Waals surface area contributed by atoms with Crippen molar-refractivity contribution in [2.24, 2.45) is 0 Å². The van der Waals surface area contributed by atoms with Crippen molar-refractivity contribution in [3.05, 3.63) is 75.6 Å². The number of benzene rings is 1. The largest absolute Gasteiger partial charge is 0.370 e. The molecule has 0 spiro atoms. The lowest BCUT2D eigenvalue weighted by molar-refractivity contribution is -0.0176. The van der Waals surface area contributed by atoms with E-state index in [-0.39, 0.29) is 47.9 Å². The Labute approximate surface area is 210 Å². The summed E-state index contributed by atoms with van der Waals surface area (Å²) in [4.78, 5) is 24.8. The van der Waals surface area contributed by atoms with Gasteiger partial charge in [-0.2, -0.15) is 5.10 Å².